The van der Waals surface area contributed by atoms with Crippen LogP contribution in [0.4, 0.5) is 5.13 Å². The molecule has 0 amide bonds. The van der Waals surface area contributed by atoms with Crippen LogP contribution < -0.4 is 5.32 Å². The molecular weight excluding hydrogens is 252 g/mol. The third kappa shape index (κ3) is 3.62. The summed E-state index contributed by atoms with van der Waals surface area (Å²) in [5, 5.41) is 13.0. The van der Waals surface area contributed by atoms with Gasteiger partial charge in [0.2, 0.25) is 0 Å². The molecule has 2 N–H and O–H groups in total. The monoisotopic (exact) mass is 264 g/mol. The van der Waals surface area contributed by atoms with E-state index in [-0.39, 0.29) is 10.0 Å². The molecule has 1 aromatic heterocycles. The average molecular weight is 265 g/mol. The van der Waals surface area contributed by atoms with Crippen LogP contribution in [0.15, 0.2) is 0 Å². The predicted molar refractivity (Wildman–Crippen MR) is 63.3 cm³/mol. The minimum absolute atomic E-state index is 0.107. The summed E-state index contributed by atoms with van der Waals surface area (Å²) in [7, 11) is 1.28. The second kappa shape index (κ2) is 4.99. The van der Waals surface area contributed by atoms with Gasteiger partial charge in [-0.3, -0.25) is 0 Å². The number of esters is 1. The van der Waals surface area contributed by atoms with Gasteiger partial charge >= 0.3 is 5.97 Å². The van der Waals surface area contributed by atoms with Crippen LogP contribution in [0.25, 0.3) is 0 Å². The van der Waals surface area contributed by atoms with Gasteiger partial charge < -0.3 is 15.2 Å². The molecule has 0 spiro atoms. The van der Waals surface area contributed by atoms with Gasteiger partial charge in [-0.1, -0.05) is 22.9 Å². The summed E-state index contributed by atoms with van der Waals surface area (Å²) in [4.78, 5) is 15.4. The Bertz CT molecular complexity index is 387. The van der Waals surface area contributed by atoms with Crippen molar-refractivity contribution in [3.05, 3.63) is 10.0 Å². The largest absolute Gasteiger partial charge is 0.465 e. The number of carbonyl (C=O) groups excluding carboxylic acids is 1. The molecule has 0 aliphatic heterocycles. The first kappa shape index (κ1) is 13.2. The van der Waals surface area contributed by atoms with Crippen LogP contribution in [0.3, 0.4) is 0 Å². The lowest BCUT2D eigenvalue weighted by molar-refractivity contribution is 0.0606. The summed E-state index contributed by atoms with van der Waals surface area (Å²) in [6.07, 6.45) is 0. The number of halogens is 1. The fourth-order valence-corrected chi connectivity index (χ4v) is 1.99. The number of aliphatic hydroxyl groups is 1. The zero-order chi connectivity index (χ0) is 12.3. The number of carbonyl (C=O) groups is 1. The lowest BCUT2D eigenvalue weighted by Crippen LogP contribution is -2.29. The first-order valence-corrected chi connectivity index (χ1v) is 5.74. The van der Waals surface area contributed by atoms with Crippen molar-refractivity contribution in [3.63, 3.8) is 0 Å². The molecule has 0 saturated heterocycles. The number of nitrogens with one attached hydrogen (secondary N) is 1. The maximum absolute atomic E-state index is 11.2. The van der Waals surface area contributed by atoms with Crippen LogP contribution in [-0.4, -0.2) is 35.3 Å². The normalized spacial score (nSPS) is 11.3. The maximum Gasteiger partial charge on any atom is 0.351 e. The van der Waals surface area contributed by atoms with Crippen molar-refractivity contribution in [1.82, 2.24) is 4.98 Å². The molecule has 1 rings (SSSR count). The molecule has 0 bridgehead atoms. The van der Waals surface area contributed by atoms with Crippen molar-refractivity contribution in [3.8, 4) is 0 Å². The second-order valence-corrected chi connectivity index (χ2v) is 5.15. The standard InChI is InChI=1S/C9H13ClN2O3S/c1-9(2,14)4-11-8-12-6(10)5(16-8)7(13)15-3/h14H,4H2,1-3H3,(H,11,12). The van der Waals surface area contributed by atoms with Crippen LogP contribution in [0.5, 0.6) is 0 Å². The van der Waals surface area contributed by atoms with Crippen molar-refractivity contribution in [2.45, 2.75) is 19.4 Å². The minimum atomic E-state index is -0.858. The molecular formula is C9H13ClN2O3S. The third-order valence-corrected chi connectivity index (χ3v) is 3.01. The topological polar surface area (TPSA) is 71.5 Å². The minimum Gasteiger partial charge on any atom is -0.465 e. The van der Waals surface area contributed by atoms with Crippen LogP contribution in [-0.2, 0) is 4.74 Å². The van der Waals surface area contributed by atoms with E-state index in [0.717, 1.165) is 11.3 Å². The number of methoxy groups -OCH3 is 1. The van der Waals surface area contributed by atoms with Gasteiger partial charge in [0.05, 0.1) is 12.7 Å². The van der Waals surface area contributed by atoms with Gasteiger partial charge in [0.25, 0.3) is 0 Å². The molecule has 90 valence electrons. The van der Waals surface area contributed by atoms with Crippen molar-refractivity contribution in [1.29, 1.82) is 0 Å². The summed E-state index contributed by atoms with van der Waals surface area (Å²) in [6.45, 7) is 3.64. The molecule has 1 heterocycles. The van der Waals surface area contributed by atoms with E-state index in [1.807, 2.05) is 0 Å². The molecule has 0 aromatic carbocycles. The summed E-state index contributed by atoms with van der Waals surface area (Å²) >= 11 is 6.86. The number of aromatic nitrogens is 1. The van der Waals surface area contributed by atoms with E-state index < -0.39 is 11.6 Å². The Morgan fingerprint density at radius 1 is 1.69 bits per heavy atom. The second-order valence-electron chi connectivity index (χ2n) is 3.80. The summed E-state index contributed by atoms with van der Waals surface area (Å²) < 4.78 is 4.55. The molecule has 1 aromatic rings. The Kier molecular flexibility index (Phi) is 4.12. The lowest BCUT2D eigenvalue weighted by Gasteiger charge is -2.16. The SMILES string of the molecule is COC(=O)c1sc(NCC(C)(C)O)nc1Cl. The molecule has 0 atom stereocenters. The highest BCUT2D eigenvalue weighted by Crippen LogP contribution is 2.27. The van der Waals surface area contributed by atoms with E-state index in [1.54, 1.807) is 13.8 Å². The summed E-state index contributed by atoms with van der Waals surface area (Å²) in [6, 6.07) is 0. The van der Waals surface area contributed by atoms with Gasteiger partial charge in [-0.15, -0.1) is 0 Å². The summed E-state index contributed by atoms with van der Waals surface area (Å²) in [5.41, 5.74) is -0.858. The number of anilines is 1. The highest BCUT2D eigenvalue weighted by atomic mass is 35.5. The van der Waals surface area contributed by atoms with E-state index in [1.165, 1.54) is 7.11 Å². The molecule has 5 nitrogen and oxygen atoms in total. The van der Waals surface area contributed by atoms with Gasteiger partial charge in [0.15, 0.2) is 15.2 Å². The number of rotatable bonds is 4. The van der Waals surface area contributed by atoms with Crippen molar-refractivity contribution in [2.75, 3.05) is 19.0 Å². The maximum atomic E-state index is 11.2. The molecule has 16 heavy (non-hydrogen) atoms. The molecule has 7 heteroatoms. The molecule has 0 fully saturated rings. The smallest absolute Gasteiger partial charge is 0.351 e. The van der Waals surface area contributed by atoms with Crippen molar-refractivity contribution < 1.29 is 14.6 Å². The summed E-state index contributed by atoms with van der Waals surface area (Å²) in [5.74, 6) is -0.515. The lowest BCUT2D eigenvalue weighted by atomic mass is 10.1. The fourth-order valence-electron chi connectivity index (χ4n) is 0.888. The Labute approximate surface area is 102 Å². The van der Waals surface area contributed by atoms with Crippen LogP contribution >= 0.6 is 22.9 Å². The van der Waals surface area contributed by atoms with Crippen molar-refractivity contribution >= 4 is 34.0 Å². The zero-order valence-corrected chi connectivity index (χ0v) is 10.8. The van der Waals surface area contributed by atoms with Crippen molar-refractivity contribution in [2.24, 2.45) is 0 Å². The highest BCUT2D eigenvalue weighted by molar-refractivity contribution is 7.18. The molecule has 0 unspecified atom stereocenters. The average Bonchev–Trinajstić information content (AvgIpc) is 2.55. The van der Waals surface area contributed by atoms with Gasteiger partial charge in [-0.25, -0.2) is 9.78 Å². The number of hydrogen-bond donors (Lipinski definition) is 2. The fraction of sp³-hybridized carbons (Fsp3) is 0.556. The number of hydrogen-bond acceptors (Lipinski definition) is 6. The van der Waals surface area contributed by atoms with E-state index in [4.69, 9.17) is 11.6 Å². The molecule has 0 saturated carbocycles. The van der Waals surface area contributed by atoms with E-state index in [0.29, 0.717) is 11.7 Å². The number of nitrogens with zero attached hydrogens (tertiary/aromatic N) is 1. The molecule has 0 radical (unpaired) electrons. The Hall–Kier alpha value is -0.850. The van der Waals surface area contributed by atoms with Crippen LogP contribution in [0.1, 0.15) is 23.5 Å². The molecule has 0 aliphatic carbocycles. The zero-order valence-electron chi connectivity index (χ0n) is 9.20. The first-order valence-electron chi connectivity index (χ1n) is 4.54. The van der Waals surface area contributed by atoms with Gasteiger partial charge in [-0.2, -0.15) is 0 Å². The van der Waals surface area contributed by atoms with E-state index in [2.05, 4.69) is 15.0 Å². The van der Waals surface area contributed by atoms with Crippen LogP contribution in [0.2, 0.25) is 5.15 Å². The van der Waals surface area contributed by atoms with Gasteiger partial charge in [0.1, 0.15) is 0 Å². The Balaban J connectivity index is 2.74. The number of thiazole rings is 1. The highest BCUT2D eigenvalue weighted by Gasteiger charge is 2.19. The first-order chi connectivity index (χ1) is 7.33. The van der Waals surface area contributed by atoms with Gasteiger partial charge in [-0.05, 0) is 13.8 Å². The third-order valence-electron chi connectivity index (χ3n) is 1.63. The predicted octanol–water partition coefficient (Wildman–Crippen LogP) is 1.77. The number of ether oxygens (including phenoxy) is 1. The molecule has 0 aliphatic rings. The quantitative estimate of drug-likeness (QED) is 0.811. The van der Waals surface area contributed by atoms with Gasteiger partial charge in [0, 0.05) is 6.54 Å². The Morgan fingerprint density at radius 3 is 2.81 bits per heavy atom. The Morgan fingerprint density at radius 2 is 2.31 bits per heavy atom. The van der Waals surface area contributed by atoms with E-state index >= 15 is 0 Å². The van der Waals surface area contributed by atoms with E-state index in [9.17, 15) is 9.90 Å². The van der Waals surface area contributed by atoms with Crippen LogP contribution in [0, 0.1) is 0 Å².